The SMILES string of the molecule is CCNC(=NCc1noc(C(C)(C)C)n1)NCc1ccc(CC)s1. The maximum absolute atomic E-state index is 5.30. The van der Waals surface area contributed by atoms with Crippen LogP contribution < -0.4 is 10.6 Å². The van der Waals surface area contributed by atoms with E-state index in [9.17, 15) is 0 Å². The molecule has 0 aromatic carbocycles. The van der Waals surface area contributed by atoms with Crippen LogP contribution in [0.15, 0.2) is 21.6 Å². The summed E-state index contributed by atoms with van der Waals surface area (Å²) in [5.74, 6) is 1.99. The number of hydrogen-bond donors (Lipinski definition) is 2. The van der Waals surface area contributed by atoms with Crippen LogP contribution in [0.4, 0.5) is 0 Å². The van der Waals surface area contributed by atoms with Crippen molar-refractivity contribution in [2.45, 2.75) is 59.5 Å². The summed E-state index contributed by atoms with van der Waals surface area (Å²) in [6.45, 7) is 12.3. The van der Waals surface area contributed by atoms with Crippen molar-refractivity contribution in [1.82, 2.24) is 20.8 Å². The molecule has 0 atom stereocenters. The lowest BCUT2D eigenvalue weighted by Crippen LogP contribution is -2.36. The summed E-state index contributed by atoms with van der Waals surface area (Å²) < 4.78 is 5.30. The first-order valence-electron chi connectivity index (χ1n) is 8.35. The summed E-state index contributed by atoms with van der Waals surface area (Å²) >= 11 is 1.83. The zero-order chi connectivity index (χ0) is 17.6. The van der Waals surface area contributed by atoms with Gasteiger partial charge in [0.15, 0.2) is 11.8 Å². The third-order valence-corrected chi connectivity index (χ3v) is 4.56. The molecule has 0 bridgehead atoms. The Bertz CT molecular complexity index is 669. The molecule has 2 rings (SSSR count). The molecule has 0 radical (unpaired) electrons. The van der Waals surface area contributed by atoms with Crippen molar-refractivity contribution in [2.75, 3.05) is 6.54 Å². The number of rotatable bonds is 6. The number of nitrogens with one attached hydrogen (secondary N) is 2. The number of guanidine groups is 1. The molecule has 0 saturated carbocycles. The summed E-state index contributed by atoms with van der Waals surface area (Å²) in [6.07, 6.45) is 1.08. The lowest BCUT2D eigenvalue weighted by Gasteiger charge is -2.10. The zero-order valence-electron chi connectivity index (χ0n) is 15.1. The van der Waals surface area contributed by atoms with Crippen LogP contribution in [0.3, 0.4) is 0 Å². The molecule has 2 N–H and O–H groups in total. The quantitative estimate of drug-likeness (QED) is 0.618. The second-order valence-electron chi connectivity index (χ2n) is 6.54. The van der Waals surface area contributed by atoms with Gasteiger partial charge in [0.2, 0.25) is 5.89 Å². The number of aryl methyl sites for hydroxylation is 1. The lowest BCUT2D eigenvalue weighted by atomic mass is 9.97. The lowest BCUT2D eigenvalue weighted by molar-refractivity contribution is 0.318. The van der Waals surface area contributed by atoms with Crippen LogP contribution in [0.25, 0.3) is 0 Å². The summed E-state index contributed by atoms with van der Waals surface area (Å²) in [7, 11) is 0. The van der Waals surface area contributed by atoms with Crippen LogP contribution >= 0.6 is 11.3 Å². The average molecular weight is 350 g/mol. The van der Waals surface area contributed by atoms with Gasteiger partial charge in [-0.25, -0.2) is 4.99 Å². The van der Waals surface area contributed by atoms with Gasteiger partial charge >= 0.3 is 0 Å². The van der Waals surface area contributed by atoms with E-state index in [-0.39, 0.29) is 5.41 Å². The maximum atomic E-state index is 5.30. The van der Waals surface area contributed by atoms with E-state index in [1.165, 1.54) is 9.75 Å². The van der Waals surface area contributed by atoms with Crippen molar-refractivity contribution < 1.29 is 4.52 Å². The van der Waals surface area contributed by atoms with Crippen molar-refractivity contribution in [3.05, 3.63) is 33.6 Å². The normalized spacial score (nSPS) is 12.5. The van der Waals surface area contributed by atoms with E-state index >= 15 is 0 Å². The van der Waals surface area contributed by atoms with Gasteiger partial charge in [-0.2, -0.15) is 4.98 Å². The van der Waals surface area contributed by atoms with E-state index in [1.54, 1.807) is 0 Å². The number of aromatic nitrogens is 2. The van der Waals surface area contributed by atoms with Gasteiger partial charge in [0, 0.05) is 21.7 Å². The second kappa shape index (κ2) is 8.28. The predicted octanol–water partition coefficient (Wildman–Crippen LogP) is 3.25. The third-order valence-electron chi connectivity index (χ3n) is 3.33. The van der Waals surface area contributed by atoms with Crippen LogP contribution in [0.1, 0.15) is 56.1 Å². The van der Waals surface area contributed by atoms with Crippen molar-refractivity contribution in [3.8, 4) is 0 Å². The Hall–Kier alpha value is -1.89. The van der Waals surface area contributed by atoms with E-state index in [4.69, 9.17) is 4.52 Å². The highest BCUT2D eigenvalue weighted by Gasteiger charge is 2.21. The molecular formula is C17H27N5OS. The minimum absolute atomic E-state index is 0.145. The fraction of sp³-hybridized carbons (Fsp3) is 0.588. The molecular weight excluding hydrogens is 322 g/mol. The standard InChI is InChI=1S/C17H27N5OS/c1-6-12-8-9-13(24-12)10-19-16(18-7-2)20-11-14-21-15(23-22-14)17(3,4)5/h8-9H,6-7,10-11H2,1-5H3,(H2,18,19,20). The van der Waals surface area contributed by atoms with Gasteiger partial charge in [0.05, 0.1) is 6.54 Å². The van der Waals surface area contributed by atoms with Crippen molar-refractivity contribution in [3.63, 3.8) is 0 Å². The Labute approximate surface area is 147 Å². The van der Waals surface area contributed by atoms with Crippen LogP contribution in [0, 0.1) is 0 Å². The van der Waals surface area contributed by atoms with Crippen LogP contribution in [0.5, 0.6) is 0 Å². The molecule has 0 unspecified atom stereocenters. The molecule has 0 amide bonds. The van der Waals surface area contributed by atoms with Gasteiger partial charge in [0.25, 0.3) is 0 Å². The van der Waals surface area contributed by atoms with Gasteiger partial charge in [-0.05, 0) is 25.5 Å². The Kier molecular flexibility index (Phi) is 6.36. The summed E-state index contributed by atoms with van der Waals surface area (Å²) in [6, 6.07) is 4.34. The number of aliphatic imine (C=N–C) groups is 1. The molecule has 0 aliphatic rings. The smallest absolute Gasteiger partial charge is 0.232 e. The van der Waals surface area contributed by atoms with Gasteiger partial charge in [-0.3, -0.25) is 0 Å². The minimum Gasteiger partial charge on any atom is -0.357 e. The monoisotopic (exact) mass is 349 g/mol. The van der Waals surface area contributed by atoms with Crippen molar-refractivity contribution >= 4 is 17.3 Å². The molecule has 2 aromatic rings. The molecule has 0 saturated heterocycles. The third kappa shape index (κ3) is 5.33. The number of thiophene rings is 1. The molecule has 0 aliphatic carbocycles. The highest BCUT2D eigenvalue weighted by atomic mass is 32.1. The molecule has 0 spiro atoms. The first-order chi connectivity index (χ1) is 11.4. The first-order valence-corrected chi connectivity index (χ1v) is 9.16. The average Bonchev–Trinajstić information content (AvgIpc) is 3.18. The molecule has 0 aliphatic heterocycles. The minimum atomic E-state index is -0.145. The summed E-state index contributed by atoms with van der Waals surface area (Å²) in [5, 5.41) is 10.6. The van der Waals surface area contributed by atoms with Gasteiger partial charge in [-0.15, -0.1) is 11.3 Å². The van der Waals surface area contributed by atoms with Gasteiger partial charge in [-0.1, -0.05) is 32.9 Å². The number of hydrogen-bond acceptors (Lipinski definition) is 5. The Morgan fingerprint density at radius 3 is 2.54 bits per heavy atom. The van der Waals surface area contributed by atoms with Crippen LogP contribution in [-0.4, -0.2) is 22.6 Å². The van der Waals surface area contributed by atoms with Crippen molar-refractivity contribution in [2.24, 2.45) is 4.99 Å². The van der Waals surface area contributed by atoms with E-state index in [0.717, 1.165) is 25.5 Å². The topological polar surface area (TPSA) is 75.3 Å². The molecule has 6 nitrogen and oxygen atoms in total. The predicted molar refractivity (Wildman–Crippen MR) is 98.4 cm³/mol. The van der Waals surface area contributed by atoms with E-state index in [2.05, 4.69) is 44.8 Å². The zero-order valence-corrected chi connectivity index (χ0v) is 16.0. The highest BCUT2D eigenvalue weighted by molar-refractivity contribution is 7.11. The Morgan fingerprint density at radius 2 is 1.96 bits per heavy atom. The first kappa shape index (κ1) is 18.4. The number of nitrogens with zero attached hydrogens (tertiary/aromatic N) is 3. The Morgan fingerprint density at radius 1 is 1.21 bits per heavy atom. The molecule has 0 fully saturated rings. The van der Waals surface area contributed by atoms with Crippen LogP contribution in [-0.2, 0) is 24.9 Å². The highest BCUT2D eigenvalue weighted by Crippen LogP contribution is 2.19. The summed E-state index contributed by atoms with van der Waals surface area (Å²) in [4.78, 5) is 11.6. The molecule has 2 aromatic heterocycles. The van der Waals surface area contributed by atoms with E-state index in [1.807, 2.05) is 39.0 Å². The van der Waals surface area contributed by atoms with Crippen molar-refractivity contribution in [1.29, 1.82) is 0 Å². The van der Waals surface area contributed by atoms with Gasteiger partial charge < -0.3 is 15.2 Å². The largest absolute Gasteiger partial charge is 0.357 e. The van der Waals surface area contributed by atoms with Crippen LogP contribution in [0.2, 0.25) is 0 Å². The van der Waals surface area contributed by atoms with E-state index < -0.39 is 0 Å². The van der Waals surface area contributed by atoms with Gasteiger partial charge in [0.1, 0.15) is 6.54 Å². The molecule has 2 heterocycles. The molecule has 24 heavy (non-hydrogen) atoms. The fourth-order valence-corrected chi connectivity index (χ4v) is 2.89. The maximum Gasteiger partial charge on any atom is 0.232 e. The van der Waals surface area contributed by atoms with E-state index in [0.29, 0.717) is 18.3 Å². The molecule has 132 valence electrons. The molecule has 7 heteroatoms. The summed E-state index contributed by atoms with van der Waals surface area (Å²) in [5.41, 5.74) is -0.145. The fourth-order valence-electron chi connectivity index (χ4n) is 1.99. The Balaban J connectivity index is 1.96. The second-order valence-corrected chi connectivity index (χ2v) is 7.79.